The lowest BCUT2D eigenvalue weighted by Crippen LogP contribution is -2.61. The van der Waals surface area contributed by atoms with E-state index < -0.39 is 36.7 Å². The van der Waals surface area contributed by atoms with E-state index in [0.29, 0.717) is 5.69 Å². The number of hydrogen-bond donors (Lipinski definition) is 4. The average molecular weight is 341 g/mol. The second kappa shape index (κ2) is 7.58. The van der Waals surface area contributed by atoms with E-state index in [1.54, 1.807) is 12.1 Å². The molecule has 1 aliphatic heterocycles. The SMILES string of the molecule is COC(=O)[C@H]1O[C@@H](Oc2ccc(NC(C)=O)cc2)[C@@H](O)[C@@H](O)[C@@H]1O. The number of nitrogens with one attached hydrogen (secondary N) is 1. The Morgan fingerprint density at radius 2 is 1.71 bits per heavy atom. The first-order valence-electron chi connectivity index (χ1n) is 7.15. The molecule has 9 heteroatoms. The van der Waals surface area contributed by atoms with Crippen molar-refractivity contribution < 1.29 is 39.1 Å². The van der Waals surface area contributed by atoms with Crippen molar-refractivity contribution in [2.45, 2.75) is 37.6 Å². The van der Waals surface area contributed by atoms with Gasteiger partial charge < -0.3 is 34.8 Å². The molecular weight excluding hydrogens is 322 g/mol. The van der Waals surface area contributed by atoms with Gasteiger partial charge in [-0.05, 0) is 24.3 Å². The first kappa shape index (κ1) is 18.1. The molecule has 1 amide bonds. The van der Waals surface area contributed by atoms with Crippen LogP contribution in [0.25, 0.3) is 0 Å². The van der Waals surface area contributed by atoms with E-state index >= 15 is 0 Å². The molecule has 24 heavy (non-hydrogen) atoms. The number of ether oxygens (including phenoxy) is 3. The third-order valence-electron chi connectivity index (χ3n) is 3.43. The zero-order valence-electron chi connectivity index (χ0n) is 13.1. The topological polar surface area (TPSA) is 135 Å². The molecule has 1 saturated heterocycles. The smallest absolute Gasteiger partial charge is 0.337 e. The third kappa shape index (κ3) is 4.01. The predicted octanol–water partition coefficient (Wildman–Crippen LogP) is -0.996. The highest BCUT2D eigenvalue weighted by Crippen LogP contribution is 2.25. The van der Waals surface area contributed by atoms with E-state index in [0.717, 1.165) is 7.11 Å². The summed E-state index contributed by atoms with van der Waals surface area (Å²) in [5, 5.41) is 32.1. The molecule has 1 aromatic carbocycles. The molecule has 4 N–H and O–H groups in total. The highest BCUT2D eigenvalue weighted by atomic mass is 16.7. The number of carbonyl (C=O) groups excluding carboxylic acids is 2. The minimum Gasteiger partial charge on any atom is -0.467 e. The van der Waals surface area contributed by atoms with Crippen LogP contribution in [0.15, 0.2) is 24.3 Å². The van der Waals surface area contributed by atoms with Crippen LogP contribution < -0.4 is 10.1 Å². The first-order chi connectivity index (χ1) is 11.3. The number of aliphatic hydroxyl groups excluding tert-OH is 3. The second-order valence-corrected chi connectivity index (χ2v) is 5.24. The summed E-state index contributed by atoms with van der Waals surface area (Å²) >= 11 is 0. The van der Waals surface area contributed by atoms with Gasteiger partial charge in [0.25, 0.3) is 0 Å². The molecule has 0 aliphatic carbocycles. The summed E-state index contributed by atoms with van der Waals surface area (Å²) in [4.78, 5) is 22.5. The van der Waals surface area contributed by atoms with Gasteiger partial charge in [0, 0.05) is 12.6 Å². The van der Waals surface area contributed by atoms with Gasteiger partial charge in [0.05, 0.1) is 7.11 Å². The standard InChI is InChI=1S/C15H19NO8/c1-7(17)16-8-3-5-9(6-4-8)23-15-12(20)10(18)11(19)13(24-15)14(21)22-2/h3-6,10-13,15,18-20H,1-2H3,(H,16,17)/t10-,11-,12-,13-,15+/m0/s1. The average Bonchev–Trinajstić information content (AvgIpc) is 2.56. The van der Waals surface area contributed by atoms with E-state index in [2.05, 4.69) is 10.1 Å². The fraction of sp³-hybridized carbons (Fsp3) is 0.467. The van der Waals surface area contributed by atoms with Gasteiger partial charge in [-0.15, -0.1) is 0 Å². The van der Waals surface area contributed by atoms with Crippen LogP contribution in [0.5, 0.6) is 5.75 Å². The molecule has 132 valence electrons. The first-order valence-corrected chi connectivity index (χ1v) is 7.15. The lowest BCUT2D eigenvalue weighted by atomic mass is 9.99. The van der Waals surface area contributed by atoms with E-state index in [4.69, 9.17) is 9.47 Å². The van der Waals surface area contributed by atoms with Crippen LogP contribution in [0.1, 0.15) is 6.92 Å². The highest BCUT2D eigenvalue weighted by molar-refractivity contribution is 5.88. The number of anilines is 1. The van der Waals surface area contributed by atoms with Crippen LogP contribution in [0.3, 0.4) is 0 Å². The highest BCUT2D eigenvalue weighted by Gasteiger charge is 2.48. The van der Waals surface area contributed by atoms with Gasteiger partial charge in [-0.25, -0.2) is 4.79 Å². The lowest BCUT2D eigenvalue weighted by Gasteiger charge is -2.38. The van der Waals surface area contributed by atoms with Gasteiger partial charge >= 0.3 is 5.97 Å². The minimum absolute atomic E-state index is 0.229. The fourth-order valence-corrected chi connectivity index (χ4v) is 2.21. The summed E-state index contributed by atoms with van der Waals surface area (Å²) in [6.07, 6.45) is -7.74. The molecule has 0 radical (unpaired) electrons. The van der Waals surface area contributed by atoms with Crippen LogP contribution in [0, 0.1) is 0 Å². The Balaban J connectivity index is 2.09. The summed E-state index contributed by atoms with van der Waals surface area (Å²) in [5.74, 6) is -0.865. The molecule has 1 aliphatic rings. The fourth-order valence-electron chi connectivity index (χ4n) is 2.21. The maximum Gasteiger partial charge on any atom is 0.337 e. The van der Waals surface area contributed by atoms with Crippen LogP contribution in [0.4, 0.5) is 5.69 Å². The molecule has 0 bridgehead atoms. The summed E-state index contributed by atoms with van der Waals surface area (Å²) in [7, 11) is 1.10. The van der Waals surface area contributed by atoms with Crippen molar-refractivity contribution in [1.82, 2.24) is 0 Å². The number of amides is 1. The molecule has 1 heterocycles. The lowest BCUT2D eigenvalue weighted by molar-refractivity contribution is -0.271. The number of hydrogen-bond acceptors (Lipinski definition) is 8. The number of rotatable bonds is 4. The number of aliphatic hydroxyl groups is 3. The predicted molar refractivity (Wildman–Crippen MR) is 80.1 cm³/mol. The molecule has 1 fully saturated rings. The Morgan fingerprint density at radius 3 is 2.25 bits per heavy atom. The Bertz CT molecular complexity index is 590. The van der Waals surface area contributed by atoms with Gasteiger partial charge in [0.2, 0.25) is 12.2 Å². The molecule has 5 atom stereocenters. The minimum atomic E-state index is -1.65. The Kier molecular flexibility index (Phi) is 5.73. The molecule has 0 unspecified atom stereocenters. The molecule has 0 spiro atoms. The quantitative estimate of drug-likeness (QED) is 0.513. The normalized spacial score (nSPS) is 29.6. The van der Waals surface area contributed by atoms with Gasteiger partial charge in [-0.2, -0.15) is 0 Å². The van der Waals surface area contributed by atoms with Crippen molar-refractivity contribution in [3.05, 3.63) is 24.3 Å². The molecule has 0 saturated carbocycles. The number of benzene rings is 1. The van der Waals surface area contributed by atoms with Gasteiger partial charge in [-0.3, -0.25) is 4.79 Å². The van der Waals surface area contributed by atoms with Gasteiger partial charge in [0.1, 0.15) is 24.1 Å². The molecule has 0 aromatic heterocycles. The number of carbonyl (C=O) groups is 2. The van der Waals surface area contributed by atoms with Gasteiger partial charge in [-0.1, -0.05) is 0 Å². The van der Waals surface area contributed by atoms with Crippen LogP contribution in [-0.2, 0) is 19.1 Å². The monoisotopic (exact) mass is 341 g/mol. The van der Waals surface area contributed by atoms with Crippen molar-refractivity contribution in [3.8, 4) is 5.75 Å². The largest absolute Gasteiger partial charge is 0.467 e. The van der Waals surface area contributed by atoms with Crippen molar-refractivity contribution in [2.24, 2.45) is 0 Å². The maximum atomic E-state index is 11.6. The molecule has 9 nitrogen and oxygen atoms in total. The summed E-state index contributed by atoms with van der Waals surface area (Å²) < 4.78 is 15.1. The van der Waals surface area contributed by atoms with Crippen LogP contribution in [-0.4, -0.2) is 65.0 Å². The van der Waals surface area contributed by atoms with E-state index in [1.807, 2.05) is 0 Å². The summed E-state index contributed by atoms with van der Waals surface area (Å²) in [5.41, 5.74) is 0.544. The van der Waals surface area contributed by atoms with Gasteiger partial charge in [0.15, 0.2) is 6.10 Å². The second-order valence-electron chi connectivity index (χ2n) is 5.24. The zero-order chi connectivity index (χ0) is 17.9. The number of methoxy groups -OCH3 is 1. The Morgan fingerprint density at radius 1 is 1.08 bits per heavy atom. The Labute approximate surface area is 137 Å². The third-order valence-corrected chi connectivity index (χ3v) is 3.43. The van der Waals surface area contributed by atoms with E-state index in [1.165, 1.54) is 19.1 Å². The Hall–Kier alpha value is -2.20. The molecular formula is C15H19NO8. The zero-order valence-corrected chi connectivity index (χ0v) is 13.1. The molecule has 2 rings (SSSR count). The van der Waals surface area contributed by atoms with Crippen molar-refractivity contribution in [3.63, 3.8) is 0 Å². The number of esters is 1. The van der Waals surface area contributed by atoms with E-state index in [9.17, 15) is 24.9 Å². The maximum absolute atomic E-state index is 11.6. The van der Waals surface area contributed by atoms with Crippen LogP contribution in [0.2, 0.25) is 0 Å². The van der Waals surface area contributed by atoms with Crippen molar-refractivity contribution >= 4 is 17.6 Å². The van der Waals surface area contributed by atoms with Crippen molar-refractivity contribution in [2.75, 3.05) is 12.4 Å². The summed E-state index contributed by atoms with van der Waals surface area (Å²) in [6.45, 7) is 1.37. The van der Waals surface area contributed by atoms with E-state index in [-0.39, 0.29) is 11.7 Å². The van der Waals surface area contributed by atoms with Crippen molar-refractivity contribution in [1.29, 1.82) is 0 Å². The molecule has 1 aromatic rings. The van der Waals surface area contributed by atoms with Crippen LogP contribution >= 0.6 is 0 Å². The summed E-state index contributed by atoms with van der Waals surface area (Å²) in [6, 6.07) is 6.14.